The first kappa shape index (κ1) is 18.4. The molecule has 0 bridgehead atoms. The van der Waals surface area contributed by atoms with Crippen molar-refractivity contribution < 1.29 is 4.74 Å². The Hall–Kier alpha value is -0.617. The zero-order chi connectivity index (χ0) is 14.9. The third-order valence-corrected chi connectivity index (χ3v) is 14.2. The van der Waals surface area contributed by atoms with Crippen LogP contribution in [-0.2, 0) is 4.74 Å². The molecule has 0 saturated heterocycles. The molecule has 0 saturated carbocycles. The molecule has 1 nitrogen and oxygen atoms in total. The summed E-state index contributed by atoms with van der Waals surface area (Å²) in [5.41, 5.74) is 0.0108. The monoisotopic (exact) mass is 324 g/mol. The van der Waals surface area contributed by atoms with Gasteiger partial charge in [0.25, 0.3) is 0 Å². The van der Waals surface area contributed by atoms with Crippen molar-refractivity contribution in [2.75, 3.05) is 6.61 Å². The van der Waals surface area contributed by atoms with Gasteiger partial charge in [0.2, 0.25) is 0 Å². The standard InChI is InChI=1S/C17H30GeO/c1-8-14-19-16(12-13-17(5,6)7)15-18(9-2,10-3)11-4/h8,15H,1,9-11,14H2,2-7H3/b16-15-. The van der Waals surface area contributed by atoms with Gasteiger partial charge in [0.05, 0.1) is 0 Å². The number of hydrogen-bond donors (Lipinski definition) is 0. The van der Waals surface area contributed by atoms with E-state index in [-0.39, 0.29) is 5.41 Å². The maximum atomic E-state index is 5.76. The van der Waals surface area contributed by atoms with Gasteiger partial charge in [-0.2, -0.15) is 0 Å². The molecule has 108 valence electrons. The van der Waals surface area contributed by atoms with Gasteiger partial charge in [0, 0.05) is 0 Å². The number of rotatable bonds is 7. The van der Waals surface area contributed by atoms with Crippen LogP contribution in [0.4, 0.5) is 0 Å². The van der Waals surface area contributed by atoms with E-state index in [1.165, 1.54) is 15.8 Å². The summed E-state index contributed by atoms with van der Waals surface area (Å²) in [5, 5.41) is 3.89. The van der Waals surface area contributed by atoms with Crippen LogP contribution in [0.3, 0.4) is 0 Å². The van der Waals surface area contributed by atoms with Gasteiger partial charge in [0.1, 0.15) is 0 Å². The van der Waals surface area contributed by atoms with E-state index >= 15 is 0 Å². The van der Waals surface area contributed by atoms with Crippen LogP contribution in [0.1, 0.15) is 41.5 Å². The van der Waals surface area contributed by atoms with Gasteiger partial charge in [-0.25, -0.2) is 0 Å². The predicted molar refractivity (Wildman–Crippen MR) is 88.7 cm³/mol. The molecule has 0 aliphatic rings. The second-order valence-corrected chi connectivity index (χ2v) is 16.8. The average molecular weight is 323 g/mol. The van der Waals surface area contributed by atoms with Crippen LogP contribution < -0.4 is 0 Å². The van der Waals surface area contributed by atoms with E-state index in [1.807, 2.05) is 0 Å². The molecule has 0 atom stereocenters. The third kappa shape index (κ3) is 7.52. The molecule has 2 heteroatoms. The molecule has 0 amide bonds. The fraction of sp³-hybridized carbons (Fsp3) is 0.647. The Kier molecular flexibility index (Phi) is 8.26. The van der Waals surface area contributed by atoms with Crippen molar-refractivity contribution in [2.24, 2.45) is 5.41 Å². The van der Waals surface area contributed by atoms with Crippen LogP contribution in [0.25, 0.3) is 0 Å². The Morgan fingerprint density at radius 3 is 2.05 bits per heavy atom. The van der Waals surface area contributed by atoms with Gasteiger partial charge in [0.15, 0.2) is 0 Å². The zero-order valence-electron chi connectivity index (χ0n) is 13.6. The van der Waals surface area contributed by atoms with Crippen LogP contribution in [0.5, 0.6) is 0 Å². The van der Waals surface area contributed by atoms with Crippen LogP contribution in [0.15, 0.2) is 23.3 Å². The molecule has 0 rings (SSSR count). The van der Waals surface area contributed by atoms with E-state index in [1.54, 1.807) is 6.08 Å². The third-order valence-electron chi connectivity index (χ3n) is 3.47. The maximum absolute atomic E-state index is 5.76. The molecular formula is C17H30GeO. The van der Waals surface area contributed by atoms with Crippen molar-refractivity contribution >= 4 is 13.3 Å². The summed E-state index contributed by atoms with van der Waals surface area (Å²) in [6.07, 6.45) is 1.78. The first-order valence-corrected chi connectivity index (χ1v) is 13.0. The molecule has 0 heterocycles. The van der Waals surface area contributed by atoms with Crippen molar-refractivity contribution in [3.8, 4) is 11.8 Å². The van der Waals surface area contributed by atoms with Gasteiger partial charge < -0.3 is 0 Å². The molecule has 0 aliphatic heterocycles. The van der Waals surface area contributed by atoms with Crippen molar-refractivity contribution in [1.29, 1.82) is 0 Å². The van der Waals surface area contributed by atoms with Gasteiger partial charge in [-0.05, 0) is 0 Å². The van der Waals surface area contributed by atoms with Crippen LogP contribution in [0.2, 0.25) is 15.8 Å². The topological polar surface area (TPSA) is 9.23 Å². The fourth-order valence-corrected chi connectivity index (χ4v) is 7.77. The molecule has 0 N–H and O–H groups in total. The van der Waals surface area contributed by atoms with Gasteiger partial charge in [-0.3, -0.25) is 0 Å². The van der Waals surface area contributed by atoms with Crippen LogP contribution in [-0.4, -0.2) is 19.9 Å². The summed E-state index contributed by atoms with van der Waals surface area (Å²) in [7, 11) is 0. The summed E-state index contributed by atoms with van der Waals surface area (Å²) in [4.78, 5) is 2.41. The predicted octanol–water partition coefficient (Wildman–Crippen LogP) is 5.17. The Labute approximate surface area is 122 Å². The Morgan fingerprint density at radius 1 is 1.16 bits per heavy atom. The zero-order valence-corrected chi connectivity index (χ0v) is 15.7. The summed E-state index contributed by atoms with van der Waals surface area (Å²) in [5.74, 6) is 7.39. The average Bonchev–Trinajstić information content (AvgIpc) is 2.37. The van der Waals surface area contributed by atoms with Crippen molar-refractivity contribution in [1.82, 2.24) is 0 Å². The van der Waals surface area contributed by atoms with Crippen LogP contribution in [0, 0.1) is 17.3 Å². The molecular weight excluding hydrogens is 293 g/mol. The summed E-state index contributed by atoms with van der Waals surface area (Å²) >= 11 is -1.89. The summed E-state index contributed by atoms with van der Waals surface area (Å²) in [6, 6.07) is 0. The fourth-order valence-electron chi connectivity index (χ4n) is 1.85. The minimum absolute atomic E-state index is 0.0108. The molecule has 0 aromatic rings. The Morgan fingerprint density at radius 2 is 1.68 bits per heavy atom. The van der Waals surface area contributed by atoms with Gasteiger partial charge in [-0.15, -0.1) is 0 Å². The molecule has 0 aromatic carbocycles. The molecule has 0 unspecified atom stereocenters. The first-order chi connectivity index (χ1) is 8.82. The van der Waals surface area contributed by atoms with Crippen LogP contribution >= 0.6 is 0 Å². The first-order valence-electron chi connectivity index (χ1n) is 7.32. The van der Waals surface area contributed by atoms with Gasteiger partial charge >= 0.3 is 122 Å². The van der Waals surface area contributed by atoms with Crippen molar-refractivity contribution in [2.45, 2.75) is 57.3 Å². The second-order valence-electron chi connectivity index (χ2n) is 6.03. The van der Waals surface area contributed by atoms with E-state index in [0.717, 1.165) is 5.76 Å². The normalized spacial score (nSPS) is 12.6. The summed E-state index contributed by atoms with van der Waals surface area (Å²) in [6.45, 7) is 17.6. The quantitative estimate of drug-likeness (QED) is 0.272. The van der Waals surface area contributed by atoms with E-state index in [2.05, 4.69) is 64.9 Å². The number of ether oxygens (including phenoxy) is 1. The molecule has 0 aromatic heterocycles. The van der Waals surface area contributed by atoms with E-state index < -0.39 is 13.3 Å². The van der Waals surface area contributed by atoms with E-state index in [0.29, 0.717) is 6.61 Å². The molecule has 0 spiro atoms. The Balaban J connectivity index is 5.31. The number of allylic oxidation sites excluding steroid dienone is 1. The molecule has 0 aliphatic carbocycles. The number of hydrogen-bond acceptors (Lipinski definition) is 1. The molecule has 19 heavy (non-hydrogen) atoms. The van der Waals surface area contributed by atoms with Gasteiger partial charge in [-0.1, -0.05) is 0 Å². The Bertz CT molecular complexity index is 351. The van der Waals surface area contributed by atoms with Crippen molar-refractivity contribution in [3.05, 3.63) is 23.3 Å². The van der Waals surface area contributed by atoms with E-state index in [9.17, 15) is 0 Å². The summed E-state index contributed by atoms with van der Waals surface area (Å²) < 4.78 is 5.76. The molecule has 0 radical (unpaired) electrons. The van der Waals surface area contributed by atoms with Crippen molar-refractivity contribution in [3.63, 3.8) is 0 Å². The molecule has 0 fully saturated rings. The SMILES string of the molecule is C=CCO/C(C#CC(C)(C)C)=[CH]\[Ge]([CH2]C)([CH2]C)[CH2]C. The minimum atomic E-state index is -1.89. The second kappa shape index (κ2) is 8.53. The van der Waals surface area contributed by atoms with E-state index in [4.69, 9.17) is 4.74 Å².